The van der Waals surface area contributed by atoms with Gasteiger partial charge >= 0.3 is 0 Å². The largest absolute Gasteiger partial charge is 0.325 e. The first-order chi connectivity index (χ1) is 14.7. The van der Waals surface area contributed by atoms with Crippen LogP contribution in [0.1, 0.15) is 11.1 Å². The maximum Gasteiger partial charge on any atom is 0.234 e. The first kappa shape index (κ1) is 20.4. The maximum atomic E-state index is 12.5. The van der Waals surface area contributed by atoms with E-state index in [1.807, 2.05) is 66.7 Å². The van der Waals surface area contributed by atoms with Crippen LogP contribution in [0.15, 0.2) is 88.5 Å². The molecular weight excluding hydrogens is 460 g/mol. The van der Waals surface area contributed by atoms with Crippen molar-refractivity contribution >= 4 is 39.3 Å². The van der Waals surface area contributed by atoms with E-state index < -0.39 is 0 Å². The molecule has 0 fully saturated rings. The number of halogens is 1. The number of H-pyrrole nitrogens is 1. The Morgan fingerprint density at radius 3 is 2.53 bits per heavy atom. The standard InChI is InChI=1S/C23H19BrN4OS/c24-19-12-6-5-11-18(19)22-26-23(28-27-22)30-15-21(29)25-20-13-7-4-10-17(20)14-16-8-2-1-3-9-16/h1-13H,14-15H2,(H,25,29)(H,26,27,28). The number of hydrogen-bond acceptors (Lipinski definition) is 4. The highest BCUT2D eigenvalue weighted by molar-refractivity contribution is 9.10. The molecule has 1 amide bonds. The minimum atomic E-state index is -0.0900. The van der Waals surface area contributed by atoms with Gasteiger partial charge in [-0.25, -0.2) is 4.98 Å². The third-order valence-electron chi connectivity index (χ3n) is 4.46. The summed E-state index contributed by atoms with van der Waals surface area (Å²) < 4.78 is 0.936. The van der Waals surface area contributed by atoms with Gasteiger partial charge in [0, 0.05) is 15.7 Å². The van der Waals surface area contributed by atoms with E-state index in [1.165, 1.54) is 17.3 Å². The van der Waals surface area contributed by atoms with Gasteiger partial charge in [-0.05, 0) is 29.7 Å². The Kier molecular flexibility index (Phi) is 6.61. The Morgan fingerprint density at radius 2 is 1.70 bits per heavy atom. The summed E-state index contributed by atoms with van der Waals surface area (Å²) in [4.78, 5) is 17.0. The third kappa shape index (κ3) is 5.17. The van der Waals surface area contributed by atoms with E-state index in [0.29, 0.717) is 11.0 Å². The van der Waals surface area contributed by atoms with Gasteiger partial charge in [-0.2, -0.15) is 0 Å². The van der Waals surface area contributed by atoms with Crippen molar-refractivity contribution in [1.82, 2.24) is 15.2 Å². The number of nitrogens with zero attached hydrogens (tertiary/aromatic N) is 2. The first-order valence-electron chi connectivity index (χ1n) is 9.41. The zero-order valence-electron chi connectivity index (χ0n) is 16.0. The minimum Gasteiger partial charge on any atom is -0.325 e. The summed E-state index contributed by atoms with van der Waals surface area (Å²) in [5, 5.41) is 10.7. The topological polar surface area (TPSA) is 70.7 Å². The number of carbonyl (C=O) groups excluding carboxylic acids is 1. The van der Waals surface area contributed by atoms with Gasteiger partial charge in [-0.15, -0.1) is 5.10 Å². The number of amides is 1. The van der Waals surface area contributed by atoms with Gasteiger partial charge in [-0.3, -0.25) is 9.89 Å². The fourth-order valence-corrected chi connectivity index (χ4v) is 4.08. The lowest BCUT2D eigenvalue weighted by molar-refractivity contribution is -0.113. The highest BCUT2D eigenvalue weighted by Gasteiger charge is 2.12. The zero-order valence-corrected chi connectivity index (χ0v) is 18.4. The van der Waals surface area contributed by atoms with Crippen LogP contribution in [0.2, 0.25) is 0 Å². The molecule has 0 spiro atoms. The molecule has 0 aliphatic rings. The molecule has 30 heavy (non-hydrogen) atoms. The highest BCUT2D eigenvalue weighted by atomic mass is 79.9. The van der Waals surface area contributed by atoms with Gasteiger partial charge in [0.2, 0.25) is 11.1 Å². The second-order valence-electron chi connectivity index (χ2n) is 6.60. The summed E-state index contributed by atoms with van der Waals surface area (Å²) in [6.45, 7) is 0. The van der Waals surface area contributed by atoms with E-state index in [9.17, 15) is 4.79 Å². The van der Waals surface area contributed by atoms with Crippen molar-refractivity contribution in [2.45, 2.75) is 11.6 Å². The average molecular weight is 479 g/mol. The van der Waals surface area contributed by atoms with Gasteiger partial charge in [0.15, 0.2) is 5.82 Å². The molecule has 2 N–H and O–H groups in total. The highest BCUT2D eigenvalue weighted by Crippen LogP contribution is 2.26. The first-order valence-corrected chi connectivity index (χ1v) is 11.2. The van der Waals surface area contributed by atoms with Crippen LogP contribution < -0.4 is 5.32 Å². The minimum absolute atomic E-state index is 0.0900. The molecule has 150 valence electrons. The number of rotatable bonds is 7. The molecule has 4 rings (SSSR count). The van der Waals surface area contributed by atoms with Gasteiger partial charge in [-0.1, -0.05) is 94.4 Å². The van der Waals surface area contributed by atoms with Crippen molar-refractivity contribution in [3.05, 3.63) is 94.5 Å². The molecule has 0 atom stereocenters. The number of thioether (sulfide) groups is 1. The Hall–Kier alpha value is -2.90. The van der Waals surface area contributed by atoms with Crippen LogP contribution in [0.5, 0.6) is 0 Å². The molecule has 7 heteroatoms. The van der Waals surface area contributed by atoms with Crippen molar-refractivity contribution in [3.63, 3.8) is 0 Å². The summed E-state index contributed by atoms with van der Waals surface area (Å²) in [7, 11) is 0. The summed E-state index contributed by atoms with van der Waals surface area (Å²) in [6.07, 6.45) is 0.765. The lowest BCUT2D eigenvalue weighted by atomic mass is 10.0. The molecule has 5 nitrogen and oxygen atoms in total. The summed E-state index contributed by atoms with van der Waals surface area (Å²) in [6, 6.07) is 25.9. The van der Waals surface area contributed by atoms with E-state index >= 15 is 0 Å². The van der Waals surface area contributed by atoms with Crippen molar-refractivity contribution in [2.24, 2.45) is 0 Å². The Morgan fingerprint density at radius 1 is 0.967 bits per heavy atom. The van der Waals surface area contributed by atoms with Crippen LogP contribution in [0.25, 0.3) is 11.4 Å². The molecule has 3 aromatic carbocycles. The lowest BCUT2D eigenvalue weighted by Crippen LogP contribution is -2.15. The molecule has 1 aromatic heterocycles. The van der Waals surface area contributed by atoms with Gasteiger partial charge < -0.3 is 5.32 Å². The number of hydrogen-bond donors (Lipinski definition) is 2. The monoisotopic (exact) mass is 478 g/mol. The van der Waals surface area contributed by atoms with Gasteiger partial charge in [0.1, 0.15) is 0 Å². The number of aromatic amines is 1. The quantitative estimate of drug-likeness (QED) is 0.341. The second-order valence-corrected chi connectivity index (χ2v) is 8.40. The van der Waals surface area contributed by atoms with Crippen LogP contribution in [0.3, 0.4) is 0 Å². The van der Waals surface area contributed by atoms with Crippen molar-refractivity contribution in [3.8, 4) is 11.4 Å². The number of nitrogens with one attached hydrogen (secondary N) is 2. The van der Waals surface area contributed by atoms with Crippen LogP contribution in [0.4, 0.5) is 5.69 Å². The van der Waals surface area contributed by atoms with Crippen LogP contribution >= 0.6 is 27.7 Å². The Balaban J connectivity index is 1.38. The third-order valence-corrected chi connectivity index (χ3v) is 5.99. The molecule has 0 aliphatic carbocycles. The van der Waals surface area contributed by atoms with E-state index in [0.717, 1.165) is 27.7 Å². The van der Waals surface area contributed by atoms with Gasteiger partial charge in [0.05, 0.1) is 5.75 Å². The SMILES string of the molecule is O=C(CSc1n[nH]c(-c2ccccc2Br)n1)Nc1ccccc1Cc1ccccc1. The second kappa shape index (κ2) is 9.73. The number of para-hydroxylation sites is 1. The zero-order chi connectivity index (χ0) is 20.8. The molecule has 4 aromatic rings. The predicted molar refractivity (Wildman–Crippen MR) is 125 cm³/mol. The normalized spacial score (nSPS) is 10.7. The average Bonchev–Trinajstić information content (AvgIpc) is 3.24. The number of carbonyl (C=O) groups is 1. The molecule has 1 heterocycles. The van der Waals surface area contributed by atoms with E-state index in [4.69, 9.17) is 0 Å². The summed E-state index contributed by atoms with van der Waals surface area (Å²) in [5.74, 6) is 0.804. The molecule has 0 aliphatic heterocycles. The molecule has 0 bridgehead atoms. The maximum absolute atomic E-state index is 12.5. The Bertz CT molecular complexity index is 1150. The molecule has 0 saturated carbocycles. The fourth-order valence-electron chi connectivity index (χ4n) is 3.01. The van der Waals surface area contributed by atoms with E-state index in [-0.39, 0.29) is 11.7 Å². The van der Waals surface area contributed by atoms with Crippen molar-refractivity contribution in [1.29, 1.82) is 0 Å². The van der Waals surface area contributed by atoms with E-state index in [2.05, 4.69) is 48.6 Å². The number of aromatic nitrogens is 3. The van der Waals surface area contributed by atoms with E-state index in [1.54, 1.807) is 0 Å². The molecule has 0 radical (unpaired) electrons. The van der Waals surface area contributed by atoms with Gasteiger partial charge in [0.25, 0.3) is 0 Å². The number of anilines is 1. The van der Waals surface area contributed by atoms with Crippen LogP contribution in [-0.4, -0.2) is 26.8 Å². The summed E-state index contributed by atoms with van der Waals surface area (Å²) in [5.41, 5.74) is 4.04. The predicted octanol–water partition coefficient (Wildman–Crippen LogP) is 5.56. The summed E-state index contributed by atoms with van der Waals surface area (Å²) >= 11 is 4.81. The van der Waals surface area contributed by atoms with Crippen LogP contribution in [0, 0.1) is 0 Å². The van der Waals surface area contributed by atoms with Crippen molar-refractivity contribution < 1.29 is 4.79 Å². The molecule has 0 saturated heterocycles. The number of benzene rings is 3. The van der Waals surface area contributed by atoms with Crippen molar-refractivity contribution in [2.75, 3.05) is 11.1 Å². The molecule has 0 unspecified atom stereocenters. The lowest BCUT2D eigenvalue weighted by Gasteiger charge is -2.11. The van der Waals surface area contributed by atoms with Crippen LogP contribution in [-0.2, 0) is 11.2 Å². The molecular formula is C23H19BrN4OS. The fraction of sp³-hybridized carbons (Fsp3) is 0.0870. The smallest absolute Gasteiger partial charge is 0.234 e. The Labute approximate surface area is 187 Å².